The summed E-state index contributed by atoms with van der Waals surface area (Å²) in [6, 6.07) is 14.3. The van der Waals surface area contributed by atoms with Crippen LogP contribution >= 0.6 is 0 Å². The minimum atomic E-state index is -4.27. The van der Waals surface area contributed by atoms with Crippen molar-refractivity contribution in [2.24, 2.45) is 0 Å². The maximum atomic E-state index is 12.2. The lowest BCUT2D eigenvalue weighted by atomic mass is 10.0. The van der Waals surface area contributed by atoms with Gasteiger partial charge in [-0.25, -0.2) is 8.42 Å². The third-order valence-electron chi connectivity index (χ3n) is 7.66. The Balaban J connectivity index is 0.000000699. The Morgan fingerprint density at radius 3 is 1.56 bits per heavy atom. The zero-order chi connectivity index (χ0) is 31.8. The Hall–Kier alpha value is -1.83. The van der Waals surface area contributed by atoms with Crippen LogP contribution in [0.4, 0.5) is 5.69 Å². The Morgan fingerprint density at radius 1 is 0.674 bits per heavy atom. The average Bonchev–Trinajstić information content (AvgIpc) is 2.98. The molecule has 5 nitrogen and oxygen atoms in total. The fraction of sp³-hybridized carbons (Fsp3) is 0.639. The number of nitrogens with one attached hydrogen (secondary N) is 1. The summed E-state index contributed by atoms with van der Waals surface area (Å²) in [6.45, 7) is 6.35. The SMILES string of the molecule is CCCCCCCCCCCCCCCCCC(=O)Nc1ccc([S+](C)CCCC)cc1.Cc1ccc(S(=O)(=O)[O-])cc1. The van der Waals surface area contributed by atoms with Crippen molar-refractivity contribution in [3.63, 3.8) is 0 Å². The summed E-state index contributed by atoms with van der Waals surface area (Å²) in [6.07, 6.45) is 25.9. The van der Waals surface area contributed by atoms with E-state index in [9.17, 15) is 17.8 Å². The second kappa shape index (κ2) is 24.5. The molecule has 244 valence electrons. The zero-order valence-electron chi connectivity index (χ0n) is 27.5. The van der Waals surface area contributed by atoms with Gasteiger partial charge in [-0.3, -0.25) is 4.79 Å². The molecule has 1 amide bonds. The molecule has 1 atom stereocenters. The zero-order valence-corrected chi connectivity index (χ0v) is 29.1. The second-order valence-corrected chi connectivity index (χ2v) is 15.3. The van der Waals surface area contributed by atoms with Gasteiger partial charge in [-0.2, -0.15) is 0 Å². The van der Waals surface area contributed by atoms with Crippen LogP contribution in [0.2, 0.25) is 0 Å². The molecule has 0 fully saturated rings. The van der Waals surface area contributed by atoms with Gasteiger partial charge in [-0.15, -0.1) is 0 Å². The predicted molar refractivity (Wildman–Crippen MR) is 185 cm³/mol. The van der Waals surface area contributed by atoms with Crippen molar-refractivity contribution in [2.45, 2.75) is 146 Å². The number of hydrogen-bond acceptors (Lipinski definition) is 4. The molecule has 0 aliphatic heterocycles. The summed E-state index contributed by atoms with van der Waals surface area (Å²) < 4.78 is 31.2. The number of benzene rings is 2. The van der Waals surface area contributed by atoms with Crippen LogP contribution in [0.1, 0.15) is 135 Å². The van der Waals surface area contributed by atoms with Crippen molar-refractivity contribution in [3.05, 3.63) is 54.1 Å². The van der Waals surface area contributed by atoms with E-state index in [1.807, 2.05) is 6.92 Å². The second-order valence-electron chi connectivity index (χ2n) is 11.7. The van der Waals surface area contributed by atoms with Crippen molar-refractivity contribution >= 4 is 32.6 Å². The molecule has 7 heteroatoms. The molecule has 0 aliphatic carbocycles. The van der Waals surface area contributed by atoms with E-state index in [2.05, 4.69) is 49.7 Å². The third-order valence-corrected chi connectivity index (χ3v) is 10.5. The summed E-state index contributed by atoms with van der Waals surface area (Å²) in [5, 5.41) is 3.06. The molecule has 2 rings (SSSR count). The first-order valence-electron chi connectivity index (χ1n) is 16.7. The van der Waals surface area contributed by atoms with Crippen LogP contribution in [-0.4, -0.2) is 30.9 Å². The molecule has 1 unspecified atom stereocenters. The summed E-state index contributed by atoms with van der Waals surface area (Å²) in [5.41, 5.74) is 1.87. The van der Waals surface area contributed by atoms with Gasteiger partial charge in [0.25, 0.3) is 0 Å². The quantitative estimate of drug-likeness (QED) is 0.0794. The van der Waals surface area contributed by atoms with Gasteiger partial charge < -0.3 is 9.87 Å². The highest BCUT2D eigenvalue weighted by molar-refractivity contribution is 7.96. The van der Waals surface area contributed by atoms with Gasteiger partial charge in [0.15, 0.2) is 4.90 Å². The van der Waals surface area contributed by atoms with E-state index in [1.54, 1.807) is 12.1 Å². The molecule has 2 aromatic carbocycles. The van der Waals surface area contributed by atoms with E-state index < -0.39 is 10.1 Å². The lowest BCUT2D eigenvalue weighted by Crippen LogP contribution is -2.11. The molecule has 0 aliphatic rings. The van der Waals surface area contributed by atoms with Gasteiger partial charge >= 0.3 is 0 Å². The van der Waals surface area contributed by atoms with Crippen LogP contribution in [-0.2, 0) is 25.8 Å². The van der Waals surface area contributed by atoms with Crippen molar-refractivity contribution in [2.75, 3.05) is 17.3 Å². The molecule has 0 saturated heterocycles. The molecule has 1 N–H and O–H groups in total. The van der Waals surface area contributed by atoms with Gasteiger partial charge in [0.1, 0.15) is 22.1 Å². The van der Waals surface area contributed by atoms with Crippen LogP contribution in [0.5, 0.6) is 0 Å². The molecule has 0 radical (unpaired) electrons. The van der Waals surface area contributed by atoms with E-state index in [1.165, 1.54) is 126 Å². The summed E-state index contributed by atoms with van der Waals surface area (Å²) in [7, 11) is -3.95. The normalized spacial score (nSPS) is 11.9. The van der Waals surface area contributed by atoms with Crippen molar-refractivity contribution < 1.29 is 17.8 Å². The first-order valence-corrected chi connectivity index (χ1v) is 19.9. The monoisotopic (exact) mass is 633 g/mol. The number of carbonyl (C=O) groups excluding carboxylic acids is 1. The van der Waals surface area contributed by atoms with Crippen molar-refractivity contribution in [1.82, 2.24) is 0 Å². The predicted octanol–water partition coefficient (Wildman–Crippen LogP) is 10.2. The van der Waals surface area contributed by atoms with E-state index in [0.717, 1.165) is 17.7 Å². The lowest BCUT2D eigenvalue weighted by molar-refractivity contribution is -0.116. The summed E-state index contributed by atoms with van der Waals surface area (Å²) in [4.78, 5) is 13.4. The molecular formula is C36H59NO4S2. The van der Waals surface area contributed by atoms with Gasteiger partial charge in [0, 0.05) is 23.0 Å². The smallest absolute Gasteiger partial charge is 0.224 e. The molecule has 0 heterocycles. The summed E-state index contributed by atoms with van der Waals surface area (Å²) in [5.74, 6) is 1.43. The highest BCUT2D eigenvalue weighted by atomic mass is 32.2. The maximum Gasteiger partial charge on any atom is 0.224 e. The van der Waals surface area contributed by atoms with Crippen LogP contribution in [0, 0.1) is 6.92 Å². The number of anilines is 1. The van der Waals surface area contributed by atoms with Crippen molar-refractivity contribution in [1.29, 1.82) is 0 Å². The van der Waals surface area contributed by atoms with Gasteiger partial charge in [-0.05, 0) is 56.2 Å². The first kappa shape index (κ1) is 39.2. The van der Waals surface area contributed by atoms with E-state index in [-0.39, 0.29) is 10.8 Å². The fourth-order valence-corrected chi connectivity index (χ4v) is 6.86. The Bertz CT molecular complexity index is 1070. The topological polar surface area (TPSA) is 86.3 Å². The average molecular weight is 634 g/mol. The fourth-order valence-electron chi connectivity index (χ4n) is 4.83. The Labute approximate surface area is 267 Å². The van der Waals surface area contributed by atoms with E-state index in [0.29, 0.717) is 17.3 Å². The standard InChI is InChI=1S/C29H51NOS.C7H8O3S/c1-4-6-8-9-10-11-12-13-14-15-16-17-18-19-20-21-29(31)30-27-22-24-28(25-23-27)32(3)26-7-5-2;1-6-2-4-7(5-3-6)11(8,9)10/h22-25H,4-21,26H2,1-3H3;2-5H,1H3,(H,8,9,10). The number of hydrogen-bond donors (Lipinski definition) is 1. The largest absolute Gasteiger partial charge is 0.744 e. The number of carbonyl (C=O) groups is 1. The molecule has 0 spiro atoms. The van der Waals surface area contributed by atoms with E-state index in [4.69, 9.17) is 0 Å². The molecule has 0 bridgehead atoms. The molecule has 0 aromatic heterocycles. The number of amides is 1. The number of aryl methyl sites for hydroxylation is 1. The van der Waals surface area contributed by atoms with Gasteiger partial charge in [-0.1, -0.05) is 128 Å². The maximum absolute atomic E-state index is 12.2. The molecule has 43 heavy (non-hydrogen) atoms. The van der Waals surface area contributed by atoms with Crippen molar-refractivity contribution in [3.8, 4) is 0 Å². The third kappa shape index (κ3) is 20.7. The highest BCUT2D eigenvalue weighted by Gasteiger charge is 2.14. The molecule has 2 aromatic rings. The minimum absolute atomic E-state index is 0.161. The van der Waals surface area contributed by atoms with Crippen LogP contribution in [0.25, 0.3) is 0 Å². The van der Waals surface area contributed by atoms with Gasteiger partial charge in [0.2, 0.25) is 5.91 Å². The molecular weight excluding hydrogens is 575 g/mol. The van der Waals surface area contributed by atoms with Gasteiger partial charge in [0.05, 0.1) is 4.90 Å². The van der Waals surface area contributed by atoms with Crippen LogP contribution < -0.4 is 5.32 Å². The number of unbranched alkanes of at least 4 members (excludes halogenated alkanes) is 15. The Morgan fingerprint density at radius 2 is 1.12 bits per heavy atom. The lowest BCUT2D eigenvalue weighted by Gasteiger charge is -2.07. The number of rotatable bonds is 22. The Kier molecular flexibility index (Phi) is 22.3. The molecule has 0 saturated carbocycles. The first-order chi connectivity index (χ1) is 20.7. The summed E-state index contributed by atoms with van der Waals surface area (Å²) >= 11 is 0. The van der Waals surface area contributed by atoms with E-state index >= 15 is 0 Å². The highest BCUT2D eigenvalue weighted by Crippen LogP contribution is 2.18. The van der Waals surface area contributed by atoms with Crippen LogP contribution in [0.15, 0.2) is 58.3 Å². The minimum Gasteiger partial charge on any atom is -0.744 e. The van der Waals surface area contributed by atoms with Crippen LogP contribution in [0.3, 0.4) is 0 Å².